The summed E-state index contributed by atoms with van der Waals surface area (Å²) in [5.41, 5.74) is -0.303. The summed E-state index contributed by atoms with van der Waals surface area (Å²) in [6, 6.07) is 4.33. The molecule has 0 atom stereocenters. The highest BCUT2D eigenvalue weighted by Gasteiger charge is 2.28. The minimum absolute atomic E-state index is 0.00840. The number of carbonyl (C=O) groups is 2. The summed E-state index contributed by atoms with van der Waals surface area (Å²) >= 11 is 0. The van der Waals surface area contributed by atoms with E-state index >= 15 is 0 Å². The van der Waals surface area contributed by atoms with Crippen LogP contribution in [0.4, 0.5) is 26.7 Å². The second kappa shape index (κ2) is 7.70. The lowest BCUT2D eigenvalue weighted by Gasteiger charge is -2.09. The van der Waals surface area contributed by atoms with Crippen LogP contribution in [0.2, 0.25) is 0 Å². The monoisotopic (exact) mass is 398 g/mol. The molecule has 0 saturated heterocycles. The molecule has 0 aliphatic rings. The standard InChI is InChI=1S/C14H4ClF5O4S/c15-25-14(22)23-6-3-1-5(2-4-6)13(21)24-12-10(19)8(17)7(16)9(18)11(12)20/h1-4H. The summed E-state index contributed by atoms with van der Waals surface area (Å²) in [7, 11) is 5.42. The third kappa shape index (κ3) is 4.02. The van der Waals surface area contributed by atoms with Gasteiger partial charge in [-0.15, -0.1) is 0 Å². The van der Waals surface area contributed by atoms with Crippen molar-refractivity contribution in [1.82, 2.24) is 0 Å². The Morgan fingerprint density at radius 3 is 1.76 bits per heavy atom. The van der Waals surface area contributed by atoms with Gasteiger partial charge in [-0.3, -0.25) is 0 Å². The summed E-state index contributed by atoms with van der Waals surface area (Å²) in [5, 5.41) is -0.849. The highest BCUT2D eigenvalue weighted by molar-refractivity contribution is 8.32. The maximum Gasteiger partial charge on any atom is 0.388 e. The SMILES string of the molecule is O=C(Oc1ccc(C(=O)Oc2c(F)c(F)c(F)c(F)c2F)cc1)SCl. The van der Waals surface area contributed by atoms with Gasteiger partial charge in [0.2, 0.25) is 34.8 Å². The fraction of sp³-hybridized carbons (Fsp3) is 0. The molecule has 0 aromatic heterocycles. The van der Waals surface area contributed by atoms with Crippen molar-refractivity contribution in [1.29, 1.82) is 0 Å². The molecular weight excluding hydrogens is 395 g/mol. The molecule has 0 aliphatic heterocycles. The molecule has 0 radical (unpaired) electrons. The largest absolute Gasteiger partial charge is 0.418 e. The molecule has 2 aromatic rings. The van der Waals surface area contributed by atoms with Crippen LogP contribution >= 0.6 is 21.7 Å². The Morgan fingerprint density at radius 2 is 1.28 bits per heavy atom. The molecule has 132 valence electrons. The van der Waals surface area contributed by atoms with Gasteiger partial charge in [-0.2, -0.15) is 8.78 Å². The Labute approximate surface area is 145 Å². The van der Waals surface area contributed by atoms with Crippen LogP contribution in [0.15, 0.2) is 24.3 Å². The molecule has 0 heterocycles. The summed E-state index contributed by atoms with van der Waals surface area (Å²) in [6.45, 7) is 0. The molecule has 0 bridgehead atoms. The van der Waals surface area contributed by atoms with Crippen molar-refractivity contribution in [3.8, 4) is 11.5 Å². The number of benzene rings is 2. The maximum absolute atomic E-state index is 13.5. The summed E-state index contributed by atoms with van der Waals surface area (Å²) in [4.78, 5) is 22.7. The highest BCUT2D eigenvalue weighted by atomic mass is 35.7. The molecule has 2 aromatic carbocycles. The lowest BCUT2D eigenvalue weighted by Crippen LogP contribution is -2.13. The molecule has 0 amide bonds. The van der Waals surface area contributed by atoms with Crippen molar-refractivity contribution in [2.75, 3.05) is 0 Å². The molecule has 0 N–H and O–H groups in total. The lowest BCUT2D eigenvalue weighted by atomic mass is 10.2. The van der Waals surface area contributed by atoms with E-state index in [2.05, 4.69) is 9.47 Å². The quantitative estimate of drug-likeness (QED) is 0.240. The number of esters is 1. The molecule has 0 spiro atoms. The van der Waals surface area contributed by atoms with E-state index in [1.54, 1.807) is 0 Å². The van der Waals surface area contributed by atoms with E-state index in [0.29, 0.717) is 0 Å². The average Bonchev–Trinajstić information content (AvgIpc) is 2.62. The zero-order valence-corrected chi connectivity index (χ0v) is 13.2. The van der Waals surface area contributed by atoms with Gasteiger partial charge in [0.25, 0.3) is 0 Å². The van der Waals surface area contributed by atoms with Crippen LogP contribution < -0.4 is 9.47 Å². The number of halogens is 6. The molecule has 11 heteroatoms. The Balaban J connectivity index is 2.25. The Kier molecular flexibility index (Phi) is 5.85. The van der Waals surface area contributed by atoms with Gasteiger partial charge < -0.3 is 9.47 Å². The second-order valence-corrected chi connectivity index (χ2v) is 5.19. The first-order chi connectivity index (χ1) is 11.8. The number of carbonyl (C=O) groups excluding carboxylic acids is 2. The first-order valence-electron chi connectivity index (χ1n) is 6.10. The minimum atomic E-state index is -2.38. The maximum atomic E-state index is 13.5. The predicted octanol–water partition coefficient (Wildman–Crippen LogP) is 4.99. The van der Waals surface area contributed by atoms with Gasteiger partial charge in [0, 0.05) is 0 Å². The van der Waals surface area contributed by atoms with Crippen LogP contribution in [0, 0.1) is 29.1 Å². The van der Waals surface area contributed by atoms with E-state index in [1.807, 2.05) is 0 Å². The molecule has 2 rings (SSSR count). The van der Waals surface area contributed by atoms with Crippen molar-refractivity contribution >= 4 is 32.9 Å². The Morgan fingerprint density at radius 1 is 0.800 bits per heavy atom. The van der Waals surface area contributed by atoms with Crippen molar-refractivity contribution in [2.45, 2.75) is 0 Å². The number of hydrogen-bond acceptors (Lipinski definition) is 5. The zero-order valence-electron chi connectivity index (χ0n) is 11.6. The van der Waals surface area contributed by atoms with Gasteiger partial charge in [-0.25, -0.2) is 22.8 Å². The van der Waals surface area contributed by atoms with Crippen LogP contribution in [0.3, 0.4) is 0 Å². The van der Waals surface area contributed by atoms with Crippen LogP contribution in [0.1, 0.15) is 10.4 Å². The van der Waals surface area contributed by atoms with Crippen molar-refractivity contribution in [2.24, 2.45) is 0 Å². The molecule has 4 nitrogen and oxygen atoms in total. The van der Waals surface area contributed by atoms with Gasteiger partial charge in [0.1, 0.15) is 5.75 Å². The minimum Gasteiger partial charge on any atom is -0.418 e. The van der Waals surface area contributed by atoms with E-state index in [-0.39, 0.29) is 22.3 Å². The third-order valence-electron chi connectivity index (χ3n) is 2.72. The first kappa shape index (κ1) is 19.0. The van der Waals surface area contributed by atoms with Gasteiger partial charge in [-0.05, 0) is 34.9 Å². The normalized spacial score (nSPS) is 10.5. The lowest BCUT2D eigenvalue weighted by molar-refractivity contribution is 0.0716. The number of rotatable bonds is 3. The molecule has 0 saturated carbocycles. The molecule has 0 unspecified atom stereocenters. The van der Waals surface area contributed by atoms with Gasteiger partial charge in [0.15, 0.2) is 0 Å². The number of hydrogen-bond donors (Lipinski definition) is 0. The fourth-order valence-corrected chi connectivity index (χ4v) is 1.82. The highest BCUT2D eigenvalue weighted by Crippen LogP contribution is 2.30. The summed E-state index contributed by atoms with van der Waals surface area (Å²) in [5.74, 6) is -14.6. The second-order valence-electron chi connectivity index (χ2n) is 4.24. The number of ether oxygens (including phenoxy) is 2. The van der Waals surface area contributed by atoms with E-state index in [0.717, 1.165) is 24.3 Å². The van der Waals surface area contributed by atoms with E-state index in [4.69, 9.17) is 10.7 Å². The van der Waals surface area contributed by atoms with E-state index < -0.39 is 46.1 Å². The summed E-state index contributed by atoms with van der Waals surface area (Å²) in [6.07, 6.45) is 0. The predicted molar refractivity (Wildman–Crippen MR) is 77.1 cm³/mol. The fourth-order valence-electron chi connectivity index (χ4n) is 1.60. The zero-order chi connectivity index (χ0) is 18.7. The third-order valence-corrected chi connectivity index (χ3v) is 3.31. The van der Waals surface area contributed by atoms with Crippen molar-refractivity contribution < 1.29 is 41.0 Å². The Hall–Kier alpha value is -2.33. The van der Waals surface area contributed by atoms with Gasteiger partial charge in [0.05, 0.1) is 16.5 Å². The van der Waals surface area contributed by atoms with Gasteiger partial charge >= 0.3 is 11.3 Å². The van der Waals surface area contributed by atoms with E-state index in [1.165, 1.54) is 0 Å². The van der Waals surface area contributed by atoms with Crippen LogP contribution in [0.5, 0.6) is 11.5 Å². The topological polar surface area (TPSA) is 52.6 Å². The van der Waals surface area contributed by atoms with Crippen LogP contribution in [0.25, 0.3) is 0 Å². The van der Waals surface area contributed by atoms with Crippen molar-refractivity contribution in [3.05, 3.63) is 58.9 Å². The molecule has 25 heavy (non-hydrogen) atoms. The average molecular weight is 399 g/mol. The van der Waals surface area contributed by atoms with Crippen LogP contribution in [-0.4, -0.2) is 11.3 Å². The summed E-state index contributed by atoms with van der Waals surface area (Å²) < 4.78 is 74.9. The van der Waals surface area contributed by atoms with Gasteiger partial charge in [-0.1, -0.05) is 0 Å². The Bertz CT molecular complexity index is 815. The van der Waals surface area contributed by atoms with E-state index in [9.17, 15) is 31.5 Å². The molecular formula is C14H4ClF5O4S. The molecule has 0 aliphatic carbocycles. The molecule has 0 fully saturated rings. The van der Waals surface area contributed by atoms with Crippen LogP contribution in [-0.2, 0) is 0 Å². The first-order valence-corrected chi connectivity index (χ1v) is 7.74. The van der Waals surface area contributed by atoms with Crippen molar-refractivity contribution in [3.63, 3.8) is 0 Å². The smallest absolute Gasteiger partial charge is 0.388 e.